The van der Waals surface area contributed by atoms with E-state index in [1.165, 1.54) is 81.8 Å². The predicted molar refractivity (Wildman–Crippen MR) is 154 cm³/mol. The summed E-state index contributed by atoms with van der Waals surface area (Å²) in [6.45, 7) is 5.66. The van der Waals surface area contributed by atoms with E-state index in [0.29, 0.717) is 19.1 Å². The highest BCUT2D eigenvalue weighted by Crippen LogP contribution is 2.61. The average molecular weight is 517 g/mol. The Balaban J connectivity index is 1.09. The van der Waals surface area contributed by atoms with Crippen LogP contribution in [-0.2, 0) is 4.74 Å². The van der Waals surface area contributed by atoms with Gasteiger partial charge in [0.25, 0.3) is 0 Å². The summed E-state index contributed by atoms with van der Waals surface area (Å²) in [5.74, 6) is 5.79. The van der Waals surface area contributed by atoms with E-state index in [2.05, 4.69) is 62.4 Å². The minimum atomic E-state index is -0.192. The van der Waals surface area contributed by atoms with Gasteiger partial charge in [0, 0.05) is 5.41 Å². The van der Waals surface area contributed by atoms with E-state index < -0.39 is 0 Å². The molecule has 2 aromatic rings. The van der Waals surface area contributed by atoms with Crippen LogP contribution in [0.3, 0.4) is 0 Å². The Bertz CT molecular complexity index is 985. The highest BCUT2D eigenvalue weighted by Gasteiger charge is 2.56. The molecule has 2 unspecified atom stereocenters. The second kappa shape index (κ2) is 11.6. The van der Waals surface area contributed by atoms with Crippen molar-refractivity contribution >= 4 is 0 Å². The average Bonchev–Trinajstić information content (AvgIpc) is 2.94. The van der Waals surface area contributed by atoms with Gasteiger partial charge in [-0.15, -0.1) is 0 Å². The number of benzene rings is 2. The molecular weight excluding hydrogens is 468 g/mol. The standard InChI is InChI=1S/C35H48O3/c1-3-25(2)29-9-15-33(16-10-29)38-34(35-22-26-19-27(23-35)21-28(20-26)24-35)37-18-17-36-32-13-11-31(12-14-32)30-7-5-4-6-8-30/h9-16,25-28,30,34H,3-8,17-24H2,1-2H3. The van der Waals surface area contributed by atoms with Crippen LogP contribution in [0, 0.1) is 23.2 Å². The molecule has 2 atom stereocenters. The molecule has 206 valence electrons. The number of hydrogen-bond acceptors (Lipinski definition) is 3. The molecule has 0 aliphatic heterocycles. The van der Waals surface area contributed by atoms with Gasteiger partial charge in [-0.25, -0.2) is 0 Å². The summed E-state index contributed by atoms with van der Waals surface area (Å²) in [6.07, 6.45) is 15.8. The van der Waals surface area contributed by atoms with Crippen molar-refractivity contribution in [3.63, 3.8) is 0 Å². The van der Waals surface area contributed by atoms with E-state index in [4.69, 9.17) is 14.2 Å². The SMILES string of the molecule is CCC(C)c1ccc(OC(OCCOc2ccc(C3CCCCC3)cc2)C23CC4CC(CC(C4)C2)C3)cc1. The van der Waals surface area contributed by atoms with Crippen LogP contribution in [0.4, 0.5) is 0 Å². The van der Waals surface area contributed by atoms with Gasteiger partial charge < -0.3 is 14.2 Å². The Morgan fingerprint density at radius 1 is 0.763 bits per heavy atom. The molecule has 38 heavy (non-hydrogen) atoms. The smallest absolute Gasteiger partial charge is 0.205 e. The minimum Gasteiger partial charge on any atom is -0.491 e. The lowest BCUT2D eigenvalue weighted by molar-refractivity contribution is -0.217. The molecule has 0 heterocycles. The fourth-order valence-electron chi connectivity index (χ4n) is 8.62. The van der Waals surface area contributed by atoms with Crippen molar-refractivity contribution in [2.45, 2.75) is 109 Å². The monoisotopic (exact) mass is 516 g/mol. The molecule has 5 aliphatic rings. The van der Waals surface area contributed by atoms with E-state index in [1.807, 2.05) is 0 Å². The summed E-state index contributed by atoms with van der Waals surface area (Å²) < 4.78 is 19.5. The molecule has 0 spiro atoms. The molecule has 0 amide bonds. The fourth-order valence-corrected chi connectivity index (χ4v) is 8.62. The first-order chi connectivity index (χ1) is 18.6. The molecule has 2 aromatic carbocycles. The van der Waals surface area contributed by atoms with Gasteiger partial charge in [-0.2, -0.15) is 0 Å². The van der Waals surface area contributed by atoms with Gasteiger partial charge in [0.2, 0.25) is 6.29 Å². The lowest BCUT2D eigenvalue weighted by Gasteiger charge is -2.58. The molecule has 0 N–H and O–H groups in total. The van der Waals surface area contributed by atoms with Crippen molar-refractivity contribution in [3.8, 4) is 11.5 Å². The quantitative estimate of drug-likeness (QED) is 0.220. The summed E-state index contributed by atoms with van der Waals surface area (Å²) in [7, 11) is 0. The van der Waals surface area contributed by atoms with Gasteiger partial charge in [-0.3, -0.25) is 0 Å². The van der Waals surface area contributed by atoms with Crippen LogP contribution in [-0.4, -0.2) is 19.5 Å². The van der Waals surface area contributed by atoms with E-state index in [0.717, 1.165) is 41.6 Å². The summed E-state index contributed by atoms with van der Waals surface area (Å²) >= 11 is 0. The summed E-state index contributed by atoms with van der Waals surface area (Å²) in [5.41, 5.74) is 3.02. The summed E-state index contributed by atoms with van der Waals surface area (Å²) in [4.78, 5) is 0. The van der Waals surface area contributed by atoms with Crippen LogP contribution in [0.1, 0.15) is 114 Å². The zero-order chi connectivity index (χ0) is 26.0. The van der Waals surface area contributed by atoms with Crippen molar-refractivity contribution in [3.05, 3.63) is 59.7 Å². The third-order valence-electron chi connectivity index (χ3n) is 10.5. The molecular formula is C35H48O3. The Kier molecular flexibility index (Phi) is 8.02. The van der Waals surface area contributed by atoms with Crippen molar-refractivity contribution in [1.29, 1.82) is 0 Å². The summed E-state index contributed by atoms with van der Waals surface area (Å²) in [5, 5.41) is 0. The van der Waals surface area contributed by atoms with E-state index in [1.54, 1.807) is 0 Å². The van der Waals surface area contributed by atoms with Gasteiger partial charge in [-0.1, -0.05) is 57.4 Å². The first kappa shape index (κ1) is 26.2. The molecule has 0 aromatic heterocycles. The second-order valence-electron chi connectivity index (χ2n) is 13.2. The normalized spacial score (nSPS) is 30.2. The molecule has 0 saturated heterocycles. The maximum absolute atomic E-state index is 6.73. The maximum atomic E-state index is 6.73. The van der Waals surface area contributed by atoms with Gasteiger partial charge >= 0.3 is 0 Å². The molecule has 0 radical (unpaired) electrons. The largest absolute Gasteiger partial charge is 0.491 e. The van der Waals surface area contributed by atoms with Crippen LogP contribution < -0.4 is 9.47 Å². The minimum absolute atomic E-state index is 0.159. The van der Waals surface area contributed by atoms with Gasteiger partial charge in [0.15, 0.2) is 0 Å². The topological polar surface area (TPSA) is 27.7 Å². The lowest BCUT2D eigenvalue weighted by Crippen LogP contribution is -2.54. The fraction of sp³-hybridized carbons (Fsp3) is 0.657. The van der Waals surface area contributed by atoms with Crippen LogP contribution >= 0.6 is 0 Å². The molecule has 3 heteroatoms. The van der Waals surface area contributed by atoms with E-state index in [9.17, 15) is 0 Å². The Morgan fingerprint density at radius 2 is 1.37 bits per heavy atom. The highest BCUT2D eigenvalue weighted by atomic mass is 16.7. The molecule has 5 aliphatic carbocycles. The lowest BCUT2D eigenvalue weighted by atomic mass is 9.49. The zero-order valence-electron chi connectivity index (χ0n) is 23.7. The first-order valence-corrected chi connectivity index (χ1v) is 15.7. The number of ether oxygens (including phenoxy) is 3. The van der Waals surface area contributed by atoms with Crippen LogP contribution in [0.25, 0.3) is 0 Å². The van der Waals surface area contributed by atoms with Crippen molar-refractivity contribution in [2.75, 3.05) is 13.2 Å². The Morgan fingerprint density at radius 3 is 1.97 bits per heavy atom. The molecule has 7 rings (SSSR count). The third-order valence-corrected chi connectivity index (χ3v) is 10.5. The second-order valence-corrected chi connectivity index (χ2v) is 13.2. The molecule has 3 nitrogen and oxygen atoms in total. The van der Waals surface area contributed by atoms with Crippen LogP contribution in [0.2, 0.25) is 0 Å². The molecule has 5 fully saturated rings. The van der Waals surface area contributed by atoms with Gasteiger partial charge in [0.05, 0.1) is 6.61 Å². The van der Waals surface area contributed by atoms with Gasteiger partial charge in [0.1, 0.15) is 18.1 Å². The van der Waals surface area contributed by atoms with Crippen LogP contribution in [0.15, 0.2) is 48.5 Å². The maximum Gasteiger partial charge on any atom is 0.205 e. The number of rotatable bonds is 11. The molecule has 5 saturated carbocycles. The Hall–Kier alpha value is -2.00. The zero-order valence-corrected chi connectivity index (χ0v) is 23.7. The third kappa shape index (κ3) is 5.79. The number of hydrogen-bond donors (Lipinski definition) is 0. The Labute approximate surface area is 230 Å². The molecule has 4 bridgehead atoms. The van der Waals surface area contributed by atoms with Crippen molar-refractivity contribution < 1.29 is 14.2 Å². The highest BCUT2D eigenvalue weighted by molar-refractivity contribution is 5.30. The van der Waals surface area contributed by atoms with Gasteiger partial charge in [-0.05, 0) is 123 Å². The van der Waals surface area contributed by atoms with E-state index >= 15 is 0 Å². The van der Waals surface area contributed by atoms with Crippen LogP contribution in [0.5, 0.6) is 11.5 Å². The van der Waals surface area contributed by atoms with E-state index in [-0.39, 0.29) is 11.7 Å². The summed E-state index contributed by atoms with van der Waals surface area (Å²) in [6, 6.07) is 17.6. The van der Waals surface area contributed by atoms with Crippen molar-refractivity contribution in [1.82, 2.24) is 0 Å². The first-order valence-electron chi connectivity index (χ1n) is 15.7. The van der Waals surface area contributed by atoms with Crippen molar-refractivity contribution in [2.24, 2.45) is 23.2 Å². The predicted octanol–water partition coefficient (Wildman–Crippen LogP) is 9.26.